The fourth-order valence-corrected chi connectivity index (χ4v) is 5.73. The van der Waals surface area contributed by atoms with E-state index >= 15 is 0 Å². The maximum atomic E-state index is 12.8. The van der Waals surface area contributed by atoms with E-state index in [0.29, 0.717) is 16.9 Å². The smallest absolute Gasteiger partial charge is 0.279 e. The van der Waals surface area contributed by atoms with Gasteiger partial charge in [-0.15, -0.1) is 0 Å². The van der Waals surface area contributed by atoms with Crippen molar-refractivity contribution in [2.45, 2.75) is 45.2 Å². The molecule has 9 heteroatoms. The normalized spacial score (nSPS) is 12.8. The molecule has 0 radical (unpaired) electrons. The molecule has 1 aromatic heterocycles. The molecule has 3 aromatic rings. The van der Waals surface area contributed by atoms with E-state index in [1.807, 2.05) is 30.5 Å². The summed E-state index contributed by atoms with van der Waals surface area (Å²) >= 11 is 1.44. The highest BCUT2D eigenvalue weighted by Crippen LogP contribution is 2.30. The largest absolute Gasteiger partial charge is 0.495 e. The van der Waals surface area contributed by atoms with Gasteiger partial charge in [0.05, 0.1) is 16.7 Å². The van der Waals surface area contributed by atoms with Crippen molar-refractivity contribution < 1.29 is 17.9 Å². The quantitative estimate of drug-likeness (QED) is 0.559. The molecule has 0 spiro atoms. The predicted molar refractivity (Wildman–Crippen MR) is 123 cm³/mol. The number of hydrogen-bond donors (Lipinski definition) is 0. The van der Waals surface area contributed by atoms with Crippen LogP contribution in [0, 0.1) is 6.92 Å². The SMILES string of the molecule is CCn1c(=NC(=O)c2ccc(S(=O)(=O)N(C)C(C)C)cc2)sc2c(C)ccc(OC)c21. The van der Waals surface area contributed by atoms with E-state index in [1.54, 1.807) is 21.0 Å². The molecular weight excluding hydrogens is 434 g/mol. The summed E-state index contributed by atoms with van der Waals surface area (Å²) in [5.41, 5.74) is 2.33. The average Bonchev–Trinajstić information content (AvgIpc) is 3.12. The number of fused-ring (bicyclic) bond motifs is 1. The molecule has 2 aromatic carbocycles. The molecule has 0 saturated heterocycles. The maximum absolute atomic E-state index is 12.8. The van der Waals surface area contributed by atoms with Crippen LogP contribution in [0.15, 0.2) is 46.3 Å². The van der Waals surface area contributed by atoms with Gasteiger partial charge in [0, 0.05) is 25.2 Å². The first-order valence-electron chi connectivity index (χ1n) is 9.95. The standard InChI is InChI=1S/C22H27N3O4S2/c1-7-25-19-18(29-6)13-8-15(4)20(19)30-22(25)23-21(26)16-9-11-17(12-10-16)31(27,28)24(5)14(2)3/h8-14H,7H2,1-6H3. The zero-order valence-electron chi connectivity index (χ0n) is 18.5. The number of thiazole rings is 1. The van der Waals surface area contributed by atoms with Crippen LogP contribution in [0.4, 0.5) is 0 Å². The monoisotopic (exact) mass is 461 g/mol. The Morgan fingerprint density at radius 2 is 1.84 bits per heavy atom. The Bertz CT molecular complexity index is 1290. The summed E-state index contributed by atoms with van der Waals surface area (Å²) in [6.45, 7) is 8.24. The van der Waals surface area contributed by atoms with E-state index in [9.17, 15) is 13.2 Å². The van der Waals surface area contributed by atoms with Crippen LogP contribution in [0.2, 0.25) is 0 Å². The molecule has 0 unspecified atom stereocenters. The third-order valence-corrected chi connectivity index (χ3v) is 8.49. The number of nitrogens with zero attached hydrogens (tertiary/aromatic N) is 3. The van der Waals surface area contributed by atoms with Crippen LogP contribution in [0.1, 0.15) is 36.7 Å². The van der Waals surface area contributed by atoms with Crippen molar-refractivity contribution in [1.82, 2.24) is 8.87 Å². The minimum Gasteiger partial charge on any atom is -0.495 e. The van der Waals surface area contributed by atoms with Crippen LogP contribution in [-0.2, 0) is 16.6 Å². The second-order valence-corrected chi connectivity index (χ2v) is 10.4. The summed E-state index contributed by atoms with van der Waals surface area (Å²) in [5, 5.41) is 0. The molecule has 0 aliphatic rings. The first-order valence-corrected chi connectivity index (χ1v) is 12.2. The number of methoxy groups -OCH3 is 1. The minimum absolute atomic E-state index is 0.145. The Morgan fingerprint density at radius 3 is 2.39 bits per heavy atom. The second kappa shape index (κ2) is 8.94. The van der Waals surface area contributed by atoms with Crippen LogP contribution in [0.3, 0.4) is 0 Å². The summed E-state index contributed by atoms with van der Waals surface area (Å²) in [6, 6.07) is 9.63. The highest BCUT2D eigenvalue weighted by Gasteiger charge is 2.23. The van der Waals surface area contributed by atoms with Crippen molar-refractivity contribution in [2.24, 2.45) is 4.99 Å². The number of aromatic nitrogens is 1. The Morgan fingerprint density at radius 1 is 1.19 bits per heavy atom. The van der Waals surface area contributed by atoms with Crippen LogP contribution in [-0.4, -0.2) is 43.4 Å². The van der Waals surface area contributed by atoms with E-state index in [4.69, 9.17) is 4.74 Å². The van der Waals surface area contributed by atoms with Gasteiger partial charge in [0.1, 0.15) is 11.3 Å². The molecular formula is C22H27N3O4S2. The Kier molecular flexibility index (Phi) is 6.68. The average molecular weight is 462 g/mol. The van der Waals surface area contributed by atoms with Crippen LogP contribution < -0.4 is 9.54 Å². The fourth-order valence-electron chi connectivity index (χ4n) is 3.19. The number of sulfonamides is 1. The number of hydrogen-bond acceptors (Lipinski definition) is 5. The van der Waals surface area contributed by atoms with Crippen molar-refractivity contribution in [3.8, 4) is 5.75 Å². The zero-order chi connectivity index (χ0) is 22.9. The van der Waals surface area contributed by atoms with Gasteiger partial charge in [0.25, 0.3) is 5.91 Å². The molecule has 0 aliphatic carbocycles. The van der Waals surface area contributed by atoms with Gasteiger partial charge >= 0.3 is 0 Å². The van der Waals surface area contributed by atoms with Gasteiger partial charge in [-0.1, -0.05) is 17.4 Å². The van der Waals surface area contributed by atoms with Gasteiger partial charge in [-0.3, -0.25) is 4.79 Å². The topological polar surface area (TPSA) is 81.0 Å². The molecule has 0 atom stereocenters. The number of amides is 1. The van der Waals surface area contributed by atoms with Crippen molar-refractivity contribution in [3.63, 3.8) is 0 Å². The molecule has 0 bridgehead atoms. The lowest BCUT2D eigenvalue weighted by Crippen LogP contribution is -2.33. The highest BCUT2D eigenvalue weighted by atomic mass is 32.2. The number of aryl methyl sites for hydroxylation is 2. The summed E-state index contributed by atoms with van der Waals surface area (Å²) in [6.07, 6.45) is 0. The van der Waals surface area contributed by atoms with E-state index in [2.05, 4.69) is 4.99 Å². The number of ether oxygens (including phenoxy) is 1. The first kappa shape index (κ1) is 23.2. The first-order chi connectivity index (χ1) is 14.6. The molecule has 3 rings (SSSR count). The second-order valence-electron chi connectivity index (χ2n) is 7.45. The fraction of sp³-hybridized carbons (Fsp3) is 0.364. The highest BCUT2D eigenvalue weighted by molar-refractivity contribution is 7.89. The zero-order valence-corrected chi connectivity index (χ0v) is 20.2. The number of carbonyl (C=O) groups is 1. The Labute approximate surface area is 186 Å². The lowest BCUT2D eigenvalue weighted by atomic mass is 10.2. The summed E-state index contributed by atoms with van der Waals surface area (Å²) in [4.78, 5) is 17.9. The molecule has 0 saturated carbocycles. The van der Waals surface area contributed by atoms with Crippen molar-refractivity contribution in [2.75, 3.05) is 14.2 Å². The third kappa shape index (κ3) is 4.30. The molecule has 31 heavy (non-hydrogen) atoms. The van der Waals surface area contributed by atoms with Gasteiger partial charge in [-0.05, 0) is 63.6 Å². The summed E-state index contributed by atoms with van der Waals surface area (Å²) in [7, 11) is -0.446. The summed E-state index contributed by atoms with van der Waals surface area (Å²) in [5.74, 6) is 0.308. The molecule has 1 amide bonds. The molecule has 0 N–H and O–H groups in total. The lowest BCUT2D eigenvalue weighted by Gasteiger charge is -2.20. The number of benzene rings is 2. The molecule has 0 fully saturated rings. The van der Waals surface area contributed by atoms with Crippen molar-refractivity contribution in [1.29, 1.82) is 0 Å². The van der Waals surface area contributed by atoms with Crippen LogP contribution in [0.5, 0.6) is 5.75 Å². The van der Waals surface area contributed by atoms with E-state index in [1.165, 1.54) is 47.0 Å². The van der Waals surface area contributed by atoms with E-state index in [0.717, 1.165) is 21.5 Å². The van der Waals surface area contributed by atoms with Crippen molar-refractivity contribution >= 4 is 37.5 Å². The lowest BCUT2D eigenvalue weighted by molar-refractivity contribution is 0.0997. The van der Waals surface area contributed by atoms with Gasteiger partial charge in [0.15, 0.2) is 4.80 Å². The summed E-state index contributed by atoms with van der Waals surface area (Å²) < 4.78 is 35.0. The molecule has 0 aliphatic heterocycles. The predicted octanol–water partition coefficient (Wildman–Crippen LogP) is 3.81. The van der Waals surface area contributed by atoms with E-state index < -0.39 is 15.9 Å². The number of rotatable bonds is 6. The van der Waals surface area contributed by atoms with Crippen LogP contribution in [0.25, 0.3) is 10.2 Å². The van der Waals surface area contributed by atoms with Gasteiger partial charge in [0.2, 0.25) is 10.0 Å². The Balaban J connectivity index is 2.03. The van der Waals surface area contributed by atoms with Gasteiger partial charge in [-0.2, -0.15) is 9.30 Å². The molecule has 7 nitrogen and oxygen atoms in total. The van der Waals surface area contributed by atoms with E-state index in [-0.39, 0.29) is 10.9 Å². The maximum Gasteiger partial charge on any atom is 0.279 e. The Hall–Kier alpha value is -2.49. The molecule has 166 valence electrons. The van der Waals surface area contributed by atoms with Gasteiger partial charge < -0.3 is 9.30 Å². The van der Waals surface area contributed by atoms with Crippen molar-refractivity contribution in [3.05, 3.63) is 52.3 Å². The van der Waals surface area contributed by atoms with Crippen LogP contribution >= 0.6 is 11.3 Å². The number of carbonyl (C=O) groups excluding carboxylic acids is 1. The van der Waals surface area contributed by atoms with Gasteiger partial charge in [-0.25, -0.2) is 8.42 Å². The molecule has 1 heterocycles. The minimum atomic E-state index is -3.60. The third-order valence-electron chi connectivity index (χ3n) is 5.22.